The van der Waals surface area contributed by atoms with Crippen molar-refractivity contribution in [3.8, 4) is 0 Å². The van der Waals surface area contributed by atoms with Crippen molar-refractivity contribution in [2.24, 2.45) is 23.7 Å². The van der Waals surface area contributed by atoms with Gasteiger partial charge in [0.25, 0.3) is 0 Å². The Bertz CT molecular complexity index is 257. The van der Waals surface area contributed by atoms with E-state index in [1.54, 1.807) is 0 Å². The van der Waals surface area contributed by atoms with Gasteiger partial charge in [0.05, 0.1) is 7.11 Å². The highest BCUT2D eigenvalue weighted by atomic mass is 16.5. The molecule has 0 N–H and O–H groups in total. The lowest BCUT2D eigenvalue weighted by atomic mass is 9.81. The summed E-state index contributed by atoms with van der Waals surface area (Å²) in [5.74, 6) is 2.92. The van der Waals surface area contributed by atoms with Gasteiger partial charge in [-0.05, 0) is 36.5 Å². The van der Waals surface area contributed by atoms with Crippen LogP contribution in [-0.2, 0) is 9.53 Å². The summed E-state index contributed by atoms with van der Waals surface area (Å²) in [6.45, 7) is 2.32. The number of methoxy groups -OCH3 is 1. The molecule has 0 aliphatic heterocycles. The molecule has 0 aromatic heterocycles. The Balaban J connectivity index is 1.87. The largest absolute Gasteiger partial charge is 0.469 e. The van der Waals surface area contributed by atoms with Crippen molar-refractivity contribution < 1.29 is 9.53 Å². The molecule has 0 aromatic rings. The molecule has 2 aliphatic carbocycles. The van der Waals surface area contributed by atoms with Crippen LogP contribution in [0.2, 0.25) is 0 Å². The average molecular weight is 194 g/mol. The van der Waals surface area contributed by atoms with Gasteiger partial charge >= 0.3 is 5.97 Å². The molecular weight excluding hydrogens is 176 g/mol. The van der Waals surface area contributed by atoms with Gasteiger partial charge in [-0.15, -0.1) is 0 Å². The number of ether oxygens (including phenoxy) is 1. The van der Waals surface area contributed by atoms with Crippen molar-refractivity contribution in [1.82, 2.24) is 0 Å². The zero-order chi connectivity index (χ0) is 10.1. The molecule has 1 saturated carbocycles. The van der Waals surface area contributed by atoms with Crippen molar-refractivity contribution in [2.45, 2.75) is 26.2 Å². The second kappa shape index (κ2) is 3.76. The Morgan fingerprint density at radius 3 is 2.71 bits per heavy atom. The normalized spacial score (nSPS) is 39.0. The van der Waals surface area contributed by atoms with Gasteiger partial charge in [0.1, 0.15) is 0 Å². The van der Waals surface area contributed by atoms with Crippen LogP contribution in [0.1, 0.15) is 26.2 Å². The molecule has 2 nitrogen and oxygen atoms in total. The Morgan fingerprint density at radius 2 is 2.14 bits per heavy atom. The fourth-order valence-corrected chi connectivity index (χ4v) is 3.04. The lowest BCUT2D eigenvalue weighted by Gasteiger charge is -2.24. The van der Waals surface area contributed by atoms with Crippen molar-refractivity contribution in [1.29, 1.82) is 0 Å². The molecule has 78 valence electrons. The highest BCUT2D eigenvalue weighted by molar-refractivity contribution is 5.69. The first-order chi connectivity index (χ1) is 6.72. The smallest absolute Gasteiger partial charge is 0.305 e. The summed E-state index contributed by atoms with van der Waals surface area (Å²) < 4.78 is 4.67. The first-order valence-electron chi connectivity index (χ1n) is 5.47. The molecule has 2 heteroatoms. The number of rotatable bonds is 3. The second-order valence-electron chi connectivity index (χ2n) is 4.59. The van der Waals surface area contributed by atoms with Crippen LogP contribution in [0, 0.1) is 23.7 Å². The molecule has 0 spiro atoms. The maximum absolute atomic E-state index is 11.0. The summed E-state index contributed by atoms with van der Waals surface area (Å²) >= 11 is 0. The van der Waals surface area contributed by atoms with Gasteiger partial charge in [-0.1, -0.05) is 19.1 Å². The number of esters is 1. The van der Waals surface area contributed by atoms with Gasteiger partial charge in [-0.25, -0.2) is 0 Å². The topological polar surface area (TPSA) is 26.3 Å². The molecule has 14 heavy (non-hydrogen) atoms. The third-order valence-electron chi connectivity index (χ3n) is 3.96. The molecule has 4 unspecified atom stereocenters. The first kappa shape index (κ1) is 9.75. The highest BCUT2D eigenvalue weighted by Crippen LogP contribution is 2.49. The van der Waals surface area contributed by atoms with E-state index < -0.39 is 0 Å². The zero-order valence-electron chi connectivity index (χ0n) is 8.90. The Hall–Kier alpha value is -0.790. The number of carbonyl (C=O) groups excluding carboxylic acids is 1. The summed E-state index contributed by atoms with van der Waals surface area (Å²) in [4.78, 5) is 11.0. The van der Waals surface area contributed by atoms with Crippen LogP contribution in [-0.4, -0.2) is 13.1 Å². The summed E-state index contributed by atoms with van der Waals surface area (Å²) in [6, 6.07) is 0. The molecule has 4 atom stereocenters. The van der Waals surface area contributed by atoms with Crippen LogP contribution in [0.4, 0.5) is 0 Å². The van der Waals surface area contributed by atoms with Crippen LogP contribution in [0.25, 0.3) is 0 Å². The van der Waals surface area contributed by atoms with E-state index in [4.69, 9.17) is 0 Å². The number of fused-ring (bicyclic) bond motifs is 2. The number of allylic oxidation sites excluding steroid dienone is 2. The van der Waals surface area contributed by atoms with Gasteiger partial charge in [0.15, 0.2) is 0 Å². The molecule has 0 amide bonds. The molecule has 0 aromatic carbocycles. The van der Waals surface area contributed by atoms with Crippen molar-refractivity contribution in [2.75, 3.05) is 7.11 Å². The summed E-state index contributed by atoms with van der Waals surface area (Å²) in [6.07, 6.45) is 7.59. The van der Waals surface area contributed by atoms with E-state index in [1.165, 1.54) is 13.5 Å². The fraction of sp³-hybridized carbons (Fsp3) is 0.750. The minimum absolute atomic E-state index is 0.0658. The number of carbonyl (C=O) groups is 1. The molecular formula is C12H18O2. The van der Waals surface area contributed by atoms with Gasteiger partial charge in [-0.3, -0.25) is 4.79 Å². The fourth-order valence-electron chi connectivity index (χ4n) is 3.04. The van der Waals surface area contributed by atoms with Crippen LogP contribution in [0.15, 0.2) is 12.2 Å². The SMILES string of the molecule is COC(=O)CCC1C2C=CC(C2)C1C. The van der Waals surface area contributed by atoms with Crippen molar-refractivity contribution in [3.63, 3.8) is 0 Å². The monoisotopic (exact) mass is 194 g/mol. The van der Waals surface area contributed by atoms with E-state index in [1.807, 2.05) is 0 Å². The van der Waals surface area contributed by atoms with Crippen LogP contribution >= 0.6 is 0 Å². The van der Waals surface area contributed by atoms with Gasteiger partial charge < -0.3 is 4.74 Å². The van der Waals surface area contributed by atoms with E-state index in [9.17, 15) is 4.79 Å². The molecule has 2 rings (SSSR count). The molecule has 2 aliphatic rings. The van der Waals surface area contributed by atoms with Gasteiger partial charge in [0.2, 0.25) is 0 Å². The third kappa shape index (κ3) is 1.58. The van der Waals surface area contributed by atoms with Crippen molar-refractivity contribution >= 4 is 5.97 Å². The van der Waals surface area contributed by atoms with E-state index >= 15 is 0 Å². The van der Waals surface area contributed by atoms with Crippen LogP contribution in [0.5, 0.6) is 0 Å². The van der Waals surface area contributed by atoms with Gasteiger partial charge in [-0.2, -0.15) is 0 Å². The third-order valence-corrected chi connectivity index (χ3v) is 3.96. The maximum Gasteiger partial charge on any atom is 0.305 e. The average Bonchev–Trinajstić information content (AvgIpc) is 2.75. The van der Waals surface area contributed by atoms with Crippen LogP contribution < -0.4 is 0 Å². The number of hydrogen-bond donors (Lipinski definition) is 0. The maximum atomic E-state index is 11.0. The number of hydrogen-bond acceptors (Lipinski definition) is 2. The molecule has 0 saturated heterocycles. The lowest BCUT2D eigenvalue weighted by molar-refractivity contribution is -0.141. The predicted molar refractivity (Wildman–Crippen MR) is 54.6 cm³/mol. The first-order valence-corrected chi connectivity index (χ1v) is 5.47. The summed E-state index contributed by atoms with van der Waals surface area (Å²) in [5.41, 5.74) is 0. The predicted octanol–water partition coefficient (Wildman–Crippen LogP) is 2.40. The molecule has 2 bridgehead atoms. The van der Waals surface area contributed by atoms with Crippen LogP contribution in [0.3, 0.4) is 0 Å². The minimum Gasteiger partial charge on any atom is -0.469 e. The molecule has 1 fully saturated rings. The summed E-state index contributed by atoms with van der Waals surface area (Å²) in [7, 11) is 1.46. The minimum atomic E-state index is -0.0658. The lowest BCUT2D eigenvalue weighted by Crippen LogP contribution is -2.18. The zero-order valence-corrected chi connectivity index (χ0v) is 8.90. The van der Waals surface area contributed by atoms with E-state index in [2.05, 4.69) is 23.8 Å². The highest BCUT2D eigenvalue weighted by Gasteiger charge is 2.41. The second-order valence-corrected chi connectivity index (χ2v) is 4.59. The van der Waals surface area contributed by atoms with E-state index in [-0.39, 0.29) is 5.97 Å². The van der Waals surface area contributed by atoms with E-state index in [0.717, 1.165) is 24.2 Å². The Labute approximate surface area is 85.3 Å². The standard InChI is InChI=1S/C12H18O2/c1-8-9-3-4-10(7-9)11(8)5-6-12(13)14-2/h3-4,8-11H,5-7H2,1-2H3. The Kier molecular flexibility index (Phi) is 2.62. The van der Waals surface area contributed by atoms with E-state index in [0.29, 0.717) is 12.3 Å². The molecule has 0 heterocycles. The molecule has 0 radical (unpaired) electrons. The summed E-state index contributed by atoms with van der Waals surface area (Å²) in [5, 5.41) is 0. The quantitative estimate of drug-likeness (QED) is 0.509. The Morgan fingerprint density at radius 1 is 1.43 bits per heavy atom. The van der Waals surface area contributed by atoms with Gasteiger partial charge in [0, 0.05) is 6.42 Å². The van der Waals surface area contributed by atoms with Crippen molar-refractivity contribution in [3.05, 3.63) is 12.2 Å².